The number of benzene rings is 1. The van der Waals surface area contributed by atoms with Gasteiger partial charge in [-0.25, -0.2) is 4.98 Å². The van der Waals surface area contributed by atoms with Gasteiger partial charge >= 0.3 is 0 Å². The smallest absolute Gasteiger partial charge is 0.244 e. The highest BCUT2D eigenvalue weighted by Gasteiger charge is 2.12. The molecule has 0 atom stereocenters. The van der Waals surface area contributed by atoms with Gasteiger partial charge < -0.3 is 19.5 Å². The molecule has 0 bridgehead atoms. The Hall–Kier alpha value is -2.54. The van der Waals surface area contributed by atoms with Crippen LogP contribution in [0.2, 0.25) is 0 Å². The normalized spacial score (nSPS) is 10.7. The van der Waals surface area contributed by atoms with Crippen molar-refractivity contribution in [2.75, 3.05) is 21.3 Å². The number of amides is 1. The highest BCUT2D eigenvalue weighted by Crippen LogP contribution is 2.34. The second-order valence-electron chi connectivity index (χ2n) is 4.86. The molecule has 6 nitrogen and oxygen atoms in total. The van der Waals surface area contributed by atoms with Crippen molar-refractivity contribution in [2.24, 2.45) is 0 Å². The topological polar surface area (TPSA) is 69.7 Å². The van der Waals surface area contributed by atoms with E-state index >= 15 is 0 Å². The van der Waals surface area contributed by atoms with E-state index in [0.29, 0.717) is 23.8 Å². The Kier molecular flexibility index (Phi) is 6.20. The summed E-state index contributed by atoms with van der Waals surface area (Å²) in [5.41, 5.74) is 1.57. The summed E-state index contributed by atoms with van der Waals surface area (Å²) < 4.78 is 15.9. The molecule has 0 unspecified atom stereocenters. The largest absolute Gasteiger partial charge is 0.496 e. The van der Waals surface area contributed by atoms with Gasteiger partial charge in [-0.1, -0.05) is 0 Å². The van der Waals surface area contributed by atoms with Crippen molar-refractivity contribution in [3.05, 3.63) is 39.9 Å². The van der Waals surface area contributed by atoms with E-state index in [1.807, 2.05) is 12.3 Å². The minimum absolute atomic E-state index is 0.211. The Balaban J connectivity index is 2.05. The van der Waals surface area contributed by atoms with Gasteiger partial charge in [0, 0.05) is 29.6 Å². The minimum Gasteiger partial charge on any atom is -0.496 e. The minimum atomic E-state index is -0.211. The number of rotatable bonds is 7. The van der Waals surface area contributed by atoms with Gasteiger partial charge in [0.15, 0.2) is 11.5 Å². The first kappa shape index (κ1) is 17.8. The molecule has 0 aliphatic rings. The van der Waals surface area contributed by atoms with Gasteiger partial charge in [-0.05, 0) is 19.1 Å². The van der Waals surface area contributed by atoms with Crippen LogP contribution in [0, 0.1) is 6.92 Å². The van der Waals surface area contributed by atoms with Crippen LogP contribution in [0.15, 0.2) is 23.6 Å². The molecule has 7 heteroatoms. The number of carbonyl (C=O) groups is 1. The maximum Gasteiger partial charge on any atom is 0.244 e. The van der Waals surface area contributed by atoms with E-state index in [1.165, 1.54) is 6.08 Å². The maximum absolute atomic E-state index is 12.0. The molecule has 1 aromatic heterocycles. The quantitative estimate of drug-likeness (QED) is 0.779. The Morgan fingerprint density at radius 1 is 1.17 bits per heavy atom. The molecule has 2 aromatic rings. The van der Waals surface area contributed by atoms with Crippen molar-refractivity contribution in [3.8, 4) is 17.2 Å². The third kappa shape index (κ3) is 4.48. The van der Waals surface area contributed by atoms with E-state index in [4.69, 9.17) is 14.2 Å². The number of hydrogen-bond donors (Lipinski definition) is 1. The van der Waals surface area contributed by atoms with E-state index in [9.17, 15) is 4.79 Å². The lowest BCUT2D eigenvalue weighted by Gasteiger charge is -2.14. The Labute approximate surface area is 145 Å². The molecule has 2 rings (SSSR count). The van der Waals surface area contributed by atoms with Gasteiger partial charge in [-0.2, -0.15) is 0 Å². The lowest BCUT2D eigenvalue weighted by Crippen LogP contribution is -2.20. The van der Waals surface area contributed by atoms with Crippen molar-refractivity contribution in [1.29, 1.82) is 0 Å². The predicted molar refractivity (Wildman–Crippen MR) is 93.8 cm³/mol. The number of carbonyl (C=O) groups excluding carboxylic acids is 1. The molecule has 0 aliphatic heterocycles. The molecule has 0 saturated carbocycles. The van der Waals surface area contributed by atoms with E-state index < -0.39 is 0 Å². The molecule has 24 heavy (non-hydrogen) atoms. The Bertz CT molecular complexity index is 740. The summed E-state index contributed by atoms with van der Waals surface area (Å²) in [6.45, 7) is 2.23. The second-order valence-corrected chi connectivity index (χ2v) is 5.92. The van der Waals surface area contributed by atoms with Gasteiger partial charge in [0.1, 0.15) is 5.75 Å². The molecule has 1 aromatic carbocycles. The lowest BCUT2D eigenvalue weighted by molar-refractivity contribution is -0.116. The van der Waals surface area contributed by atoms with E-state index in [-0.39, 0.29) is 5.91 Å². The molecule has 128 valence electrons. The van der Waals surface area contributed by atoms with Crippen molar-refractivity contribution < 1.29 is 19.0 Å². The summed E-state index contributed by atoms with van der Waals surface area (Å²) in [5.74, 6) is 1.56. The zero-order chi connectivity index (χ0) is 17.5. The maximum atomic E-state index is 12.0. The zero-order valence-corrected chi connectivity index (χ0v) is 14.9. The molecular weight excluding hydrogens is 328 g/mol. The molecule has 0 fully saturated rings. The number of thiazole rings is 1. The number of nitrogens with one attached hydrogen (secondary N) is 1. The summed E-state index contributed by atoms with van der Waals surface area (Å²) in [7, 11) is 4.69. The van der Waals surface area contributed by atoms with E-state index in [1.54, 1.807) is 50.9 Å². The average Bonchev–Trinajstić information content (AvgIpc) is 3.02. The highest BCUT2D eigenvalue weighted by molar-refractivity contribution is 7.09. The van der Waals surface area contributed by atoms with Crippen LogP contribution in [-0.2, 0) is 11.3 Å². The number of aromatic nitrogens is 1. The van der Waals surface area contributed by atoms with Crippen LogP contribution in [0.1, 0.15) is 16.3 Å². The standard InChI is InChI=1S/C17H20N2O4S/c1-11-19-13(10-24-11)5-6-17(20)18-9-12-7-15(22-3)16(23-4)8-14(12)21-2/h5-8,10H,9H2,1-4H3,(H,18,20)/b6-5+. The van der Waals surface area contributed by atoms with Gasteiger partial charge in [-0.3, -0.25) is 4.79 Å². The summed E-state index contributed by atoms with van der Waals surface area (Å²) in [6.07, 6.45) is 3.15. The first-order valence-corrected chi connectivity index (χ1v) is 8.12. The third-order valence-electron chi connectivity index (χ3n) is 3.28. The third-order valence-corrected chi connectivity index (χ3v) is 4.07. The Morgan fingerprint density at radius 2 is 1.83 bits per heavy atom. The monoisotopic (exact) mass is 348 g/mol. The molecule has 1 N–H and O–H groups in total. The first-order chi connectivity index (χ1) is 11.6. The second kappa shape index (κ2) is 8.35. The van der Waals surface area contributed by atoms with Gasteiger partial charge in [0.25, 0.3) is 0 Å². The highest BCUT2D eigenvalue weighted by atomic mass is 32.1. The van der Waals surface area contributed by atoms with Crippen LogP contribution in [0.3, 0.4) is 0 Å². The van der Waals surface area contributed by atoms with E-state index in [0.717, 1.165) is 16.3 Å². The fourth-order valence-electron chi connectivity index (χ4n) is 2.09. The zero-order valence-electron chi connectivity index (χ0n) is 14.1. The molecule has 0 aliphatic carbocycles. The number of ether oxygens (including phenoxy) is 3. The van der Waals surface area contributed by atoms with Crippen LogP contribution in [0.25, 0.3) is 6.08 Å². The van der Waals surface area contributed by atoms with Crippen LogP contribution in [-0.4, -0.2) is 32.2 Å². The van der Waals surface area contributed by atoms with Gasteiger partial charge in [-0.15, -0.1) is 11.3 Å². The number of aryl methyl sites for hydroxylation is 1. The van der Waals surface area contributed by atoms with Gasteiger partial charge in [0.2, 0.25) is 5.91 Å². The summed E-state index contributed by atoms with van der Waals surface area (Å²) in [6, 6.07) is 3.51. The lowest BCUT2D eigenvalue weighted by atomic mass is 10.1. The fourth-order valence-corrected chi connectivity index (χ4v) is 2.67. The Morgan fingerprint density at radius 3 is 2.42 bits per heavy atom. The average molecular weight is 348 g/mol. The van der Waals surface area contributed by atoms with Crippen LogP contribution in [0.4, 0.5) is 0 Å². The van der Waals surface area contributed by atoms with Crippen molar-refractivity contribution in [3.63, 3.8) is 0 Å². The molecule has 0 saturated heterocycles. The first-order valence-electron chi connectivity index (χ1n) is 7.24. The predicted octanol–water partition coefficient (Wildman–Crippen LogP) is 2.81. The van der Waals surface area contributed by atoms with E-state index in [2.05, 4.69) is 10.3 Å². The number of methoxy groups -OCH3 is 3. The molecule has 0 spiro atoms. The van der Waals surface area contributed by atoms with Crippen molar-refractivity contribution in [2.45, 2.75) is 13.5 Å². The van der Waals surface area contributed by atoms with Crippen LogP contribution in [0.5, 0.6) is 17.2 Å². The van der Waals surface area contributed by atoms with Crippen molar-refractivity contribution in [1.82, 2.24) is 10.3 Å². The molecule has 1 amide bonds. The van der Waals surface area contributed by atoms with Crippen LogP contribution >= 0.6 is 11.3 Å². The summed E-state index contributed by atoms with van der Waals surface area (Å²) in [5, 5.41) is 5.68. The van der Waals surface area contributed by atoms with Gasteiger partial charge in [0.05, 0.1) is 32.0 Å². The molecule has 0 radical (unpaired) electrons. The number of nitrogens with zero attached hydrogens (tertiary/aromatic N) is 1. The number of hydrogen-bond acceptors (Lipinski definition) is 6. The molecule has 1 heterocycles. The SMILES string of the molecule is COc1cc(OC)c(OC)cc1CNC(=O)/C=C/c1csc(C)n1. The molecular formula is C17H20N2O4S. The summed E-state index contributed by atoms with van der Waals surface area (Å²) in [4.78, 5) is 16.2. The fraction of sp³-hybridized carbons (Fsp3) is 0.294. The van der Waals surface area contributed by atoms with Crippen molar-refractivity contribution >= 4 is 23.3 Å². The summed E-state index contributed by atoms with van der Waals surface area (Å²) >= 11 is 1.54. The van der Waals surface area contributed by atoms with Crippen LogP contribution < -0.4 is 19.5 Å².